The van der Waals surface area contributed by atoms with Crippen molar-refractivity contribution < 1.29 is 19.0 Å². The van der Waals surface area contributed by atoms with Gasteiger partial charge in [-0.1, -0.05) is 35.3 Å². The second kappa shape index (κ2) is 8.12. The van der Waals surface area contributed by atoms with Crippen LogP contribution in [0.5, 0.6) is 0 Å². The van der Waals surface area contributed by atoms with Gasteiger partial charge in [-0.25, -0.2) is 4.39 Å². The molecule has 1 aliphatic rings. The van der Waals surface area contributed by atoms with Crippen molar-refractivity contribution in [3.05, 3.63) is 98.5 Å². The SMILES string of the molecule is COC1(c2ccc(Cl)cc2)c2c(F)cc(C(C)(C)O)cc2C(=O)N1Cc1ccc(Cl)cn1. The Hall–Kier alpha value is -2.51. The number of carbonyl (C=O) groups excluding carboxylic acids is 1. The number of nitrogens with zero attached hydrogens (tertiary/aromatic N) is 2. The van der Waals surface area contributed by atoms with Crippen molar-refractivity contribution in [2.45, 2.75) is 31.7 Å². The Balaban J connectivity index is 1.97. The maximum atomic E-state index is 15.6. The summed E-state index contributed by atoms with van der Waals surface area (Å²) in [5, 5.41) is 11.4. The molecule has 1 amide bonds. The third kappa shape index (κ3) is 3.67. The summed E-state index contributed by atoms with van der Waals surface area (Å²) in [5.74, 6) is -1.10. The molecule has 0 bridgehead atoms. The molecule has 1 aromatic heterocycles. The van der Waals surface area contributed by atoms with E-state index in [1.54, 1.807) is 36.4 Å². The minimum Gasteiger partial charge on any atom is -0.386 e. The van der Waals surface area contributed by atoms with Gasteiger partial charge in [-0.05, 0) is 55.8 Å². The number of ether oxygens (including phenoxy) is 1. The summed E-state index contributed by atoms with van der Waals surface area (Å²) in [6.45, 7) is 3.11. The molecule has 3 aromatic rings. The number of aromatic nitrogens is 1. The highest BCUT2D eigenvalue weighted by Gasteiger charge is 2.54. The van der Waals surface area contributed by atoms with Gasteiger partial charge in [-0.2, -0.15) is 0 Å². The van der Waals surface area contributed by atoms with E-state index < -0.39 is 23.1 Å². The first kappa shape index (κ1) is 22.7. The Morgan fingerprint density at radius 1 is 1.12 bits per heavy atom. The number of amides is 1. The van der Waals surface area contributed by atoms with Crippen molar-refractivity contribution >= 4 is 29.1 Å². The van der Waals surface area contributed by atoms with E-state index in [9.17, 15) is 9.90 Å². The summed E-state index contributed by atoms with van der Waals surface area (Å²) in [7, 11) is 1.42. The van der Waals surface area contributed by atoms with E-state index in [0.29, 0.717) is 21.3 Å². The molecule has 1 aliphatic heterocycles. The summed E-state index contributed by atoms with van der Waals surface area (Å²) in [5.41, 5.74) is -1.33. The van der Waals surface area contributed by atoms with Gasteiger partial charge in [0.15, 0.2) is 5.72 Å². The number of benzene rings is 2. The van der Waals surface area contributed by atoms with Gasteiger partial charge in [0.05, 0.1) is 34.0 Å². The normalized spacial score (nSPS) is 18.2. The lowest BCUT2D eigenvalue weighted by Crippen LogP contribution is -2.46. The van der Waals surface area contributed by atoms with Crippen molar-refractivity contribution in [1.82, 2.24) is 9.88 Å². The van der Waals surface area contributed by atoms with E-state index in [1.807, 2.05) is 0 Å². The number of carbonyl (C=O) groups is 1. The monoisotopic (exact) mass is 474 g/mol. The minimum absolute atomic E-state index is 0.0401. The lowest BCUT2D eigenvalue weighted by molar-refractivity contribution is -0.0886. The van der Waals surface area contributed by atoms with Crippen LogP contribution in [0.4, 0.5) is 4.39 Å². The molecule has 0 saturated carbocycles. The molecule has 1 N–H and O–H groups in total. The van der Waals surface area contributed by atoms with Gasteiger partial charge in [0.1, 0.15) is 5.82 Å². The molecule has 166 valence electrons. The first-order valence-corrected chi connectivity index (χ1v) is 10.6. The molecule has 0 fully saturated rings. The van der Waals surface area contributed by atoms with E-state index in [0.717, 1.165) is 0 Å². The van der Waals surface area contributed by atoms with Crippen LogP contribution in [0.15, 0.2) is 54.7 Å². The number of pyridine rings is 1. The van der Waals surface area contributed by atoms with Gasteiger partial charge in [0.25, 0.3) is 5.91 Å². The lowest BCUT2D eigenvalue weighted by Gasteiger charge is -2.38. The maximum Gasteiger partial charge on any atom is 0.257 e. The quantitative estimate of drug-likeness (QED) is 0.547. The van der Waals surface area contributed by atoms with Crippen molar-refractivity contribution in [3.8, 4) is 0 Å². The summed E-state index contributed by atoms with van der Waals surface area (Å²) < 4.78 is 21.6. The summed E-state index contributed by atoms with van der Waals surface area (Å²) in [4.78, 5) is 19.3. The molecular formula is C24H21Cl2FN2O3. The second-order valence-corrected chi connectivity index (χ2v) is 9.03. The van der Waals surface area contributed by atoms with Crippen LogP contribution in [0.2, 0.25) is 10.0 Å². The molecule has 5 nitrogen and oxygen atoms in total. The van der Waals surface area contributed by atoms with Gasteiger partial charge in [0, 0.05) is 23.9 Å². The average Bonchev–Trinajstić information content (AvgIpc) is 2.99. The summed E-state index contributed by atoms with van der Waals surface area (Å²) in [6.07, 6.45) is 1.48. The Kier molecular flexibility index (Phi) is 5.75. The summed E-state index contributed by atoms with van der Waals surface area (Å²) in [6, 6.07) is 12.8. The first-order chi connectivity index (χ1) is 15.1. The Bertz CT molecular complexity index is 1180. The summed E-state index contributed by atoms with van der Waals surface area (Å²) >= 11 is 12.0. The zero-order chi connectivity index (χ0) is 23.3. The number of aliphatic hydroxyl groups is 1. The fourth-order valence-corrected chi connectivity index (χ4v) is 4.29. The van der Waals surface area contributed by atoms with E-state index >= 15 is 4.39 Å². The molecular weight excluding hydrogens is 454 g/mol. The predicted octanol–water partition coefficient (Wildman–Crippen LogP) is 5.26. The van der Waals surface area contributed by atoms with Gasteiger partial charge >= 0.3 is 0 Å². The number of halogens is 3. The van der Waals surface area contributed by atoms with Gasteiger partial charge in [0.2, 0.25) is 0 Å². The number of hydrogen-bond acceptors (Lipinski definition) is 4. The Morgan fingerprint density at radius 2 is 1.78 bits per heavy atom. The van der Waals surface area contributed by atoms with Crippen molar-refractivity contribution in [1.29, 1.82) is 0 Å². The second-order valence-electron chi connectivity index (χ2n) is 8.15. The molecule has 32 heavy (non-hydrogen) atoms. The fourth-order valence-electron chi connectivity index (χ4n) is 4.05. The van der Waals surface area contributed by atoms with Crippen LogP contribution in [0.25, 0.3) is 0 Å². The number of fused-ring (bicyclic) bond motifs is 1. The molecule has 2 heterocycles. The Labute approximate surface area is 195 Å². The van der Waals surface area contributed by atoms with E-state index in [4.69, 9.17) is 27.9 Å². The van der Waals surface area contributed by atoms with Gasteiger partial charge in [-0.15, -0.1) is 0 Å². The molecule has 0 aliphatic carbocycles. The van der Waals surface area contributed by atoms with Crippen LogP contribution in [0, 0.1) is 5.82 Å². The lowest BCUT2D eigenvalue weighted by atomic mass is 9.89. The highest BCUT2D eigenvalue weighted by Crippen LogP contribution is 2.48. The molecule has 0 spiro atoms. The fraction of sp³-hybridized carbons (Fsp3) is 0.250. The average molecular weight is 475 g/mol. The number of hydrogen-bond donors (Lipinski definition) is 1. The molecule has 1 unspecified atom stereocenters. The van der Waals surface area contributed by atoms with E-state index in [-0.39, 0.29) is 23.2 Å². The van der Waals surface area contributed by atoms with Crippen molar-refractivity contribution in [2.24, 2.45) is 0 Å². The predicted molar refractivity (Wildman–Crippen MR) is 120 cm³/mol. The molecule has 8 heteroatoms. The van der Waals surface area contributed by atoms with Crippen LogP contribution in [-0.4, -0.2) is 28.0 Å². The molecule has 0 saturated heterocycles. The maximum absolute atomic E-state index is 15.6. The van der Waals surface area contributed by atoms with Crippen LogP contribution in [-0.2, 0) is 22.6 Å². The highest BCUT2D eigenvalue weighted by atomic mass is 35.5. The number of rotatable bonds is 5. The van der Waals surface area contributed by atoms with Gasteiger partial charge < -0.3 is 9.84 Å². The smallest absolute Gasteiger partial charge is 0.257 e. The van der Waals surface area contributed by atoms with Gasteiger partial charge in [-0.3, -0.25) is 14.7 Å². The van der Waals surface area contributed by atoms with Crippen LogP contribution in [0.1, 0.15) is 46.6 Å². The Morgan fingerprint density at radius 3 is 2.34 bits per heavy atom. The largest absolute Gasteiger partial charge is 0.386 e. The third-order valence-corrected chi connectivity index (χ3v) is 6.11. The topological polar surface area (TPSA) is 62.7 Å². The third-order valence-electron chi connectivity index (χ3n) is 5.63. The van der Waals surface area contributed by atoms with Crippen LogP contribution < -0.4 is 0 Å². The van der Waals surface area contributed by atoms with Crippen molar-refractivity contribution in [3.63, 3.8) is 0 Å². The molecule has 0 radical (unpaired) electrons. The van der Waals surface area contributed by atoms with Crippen LogP contribution >= 0.6 is 23.2 Å². The molecule has 1 atom stereocenters. The van der Waals surface area contributed by atoms with E-state index in [1.165, 1.54) is 44.2 Å². The molecule has 2 aromatic carbocycles. The number of methoxy groups -OCH3 is 1. The van der Waals surface area contributed by atoms with Crippen molar-refractivity contribution in [2.75, 3.05) is 7.11 Å². The standard InChI is InChI=1S/C24H21Cl2FN2O3/c1-23(2,31)15-10-19-21(20(27)11-15)24(32-3,14-4-6-16(25)7-5-14)29(22(19)30)13-18-9-8-17(26)12-28-18/h4-12,31H,13H2,1-3H3. The molecule has 4 rings (SSSR count). The zero-order valence-electron chi connectivity index (χ0n) is 17.7. The first-order valence-electron chi connectivity index (χ1n) is 9.88. The zero-order valence-corrected chi connectivity index (χ0v) is 19.2. The highest BCUT2D eigenvalue weighted by molar-refractivity contribution is 6.30. The minimum atomic E-state index is -1.56. The van der Waals surface area contributed by atoms with E-state index in [2.05, 4.69) is 4.98 Å². The van der Waals surface area contributed by atoms with Crippen LogP contribution in [0.3, 0.4) is 0 Å².